The first-order valence-corrected chi connectivity index (χ1v) is 9.45. The zero-order valence-electron chi connectivity index (χ0n) is 13.7. The van der Waals surface area contributed by atoms with Gasteiger partial charge in [0.2, 0.25) is 5.91 Å². The molecule has 0 aliphatic carbocycles. The molecule has 1 heterocycles. The third-order valence-electron chi connectivity index (χ3n) is 4.05. The predicted octanol–water partition coefficient (Wildman–Crippen LogP) is 3.06. The van der Waals surface area contributed by atoms with Crippen molar-refractivity contribution in [2.45, 2.75) is 18.2 Å². The number of rotatable bonds is 4. The number of amides is 1. The Balaban J connectivity index is 1.90. The molecule has 8 heteroatoms. The first kappa shape index (κ1) is 17.6. The SMILES string of the molecule is COc1ccc(S(=O)(=O)Nc2ccc3c(c2)N(C(C)=O)CC3)cc1Cl. The van der Waals surface area contributed by atoms with Crippen LogP contribution in [0.4, 0.5) is 11.4 Å². The zero-order valence-corrected chi connectivity index (χ0v) is 15.3. The van der Waals surface area contributed by atoms with Crippen molar-refractivity contribution in [2.24, 2.45) is 0 Å². The van der Waals surface area contributed by atoms with Gasteiger partial charge in [0.15, 0.2) is 0 Å². The molecule has 0 spiro atoms. The van der Waals surface area contributed by atoms with E-state index in [0.29, 0.717) is 18.0 Å². The van der Waals surface area contributed by atoms with Gasteiger partial charge < -0.3 is 9.64 Å². The van der Waals surface area contributed by atoms with E-state index in [0.717, 1.165) is 17.7 Å². The average molecular weight is 381 g/mol. The van der Waals surface area contributed by atoms with Crippen molar-refractivity contribution >= 4 is 38.9 Å². The van der Waals surface area contributed by atoms with Gasteiger partial charge in [-0.1, -0.05) is 17.7 Å². The van der Waals surface area contributed by atoms with Crippen LogP contribution in [0.25, 0.3) is 0 Å². The first-order valence-electron chi connectivity index (χ1n) is 7.59. The van der Waals surface area contributed by atoms with Gasteiger partial charge in [-0.25, -0.2) is 8.42 Å². The lowest BCUT2D eigenvalue weighted by Crippen LogP contribution is -2.25. The highest BCUT2D eigenvalue weighted by Gasteiger charge is 2.23. The van der Waals surface area contributed by atoms with E-state index in [1.54, 1.807) is 17.0 Å². The van der Waals surface area contributed by atoms with Crippen molar-refractivity contribution in [3.63, 3.8) is 0 Å². The number of hydrogen-bond acceptors (Lipinski definition) is 4. The van der Waals surface area contributed by atoms with Crippen LogP contribution in [0.15, 0.2) is 41.3 Å². The lowest BCUT2D eigenvalue weighted by molar-refractivity contribution is -0.116. The molecule has 1 aliphatic rings. The maximum absolute atomic E-state index is 12.6. The van der Waals surface area contributed by atoms with E-state index in [2.05, 4.69) is 4.72 Å². The van der Waals surface area contributed by atoms with E-state index in [4.69, 9.17) is 16.3 Å². The molecular formula is C17H17ClN2O4S. The summed E-state index contributed by atoms with van der Waals surface area (Å²) in [6.45, 7) is 2.10. The van der Waals surface area contributed by atoms with Crippen LogP contribution in [0.3, 0.4) is 0 Å². The van der Waals surface area contributed by atoms with Gasteiger partial charge >= 0.3 is 0 Å². The van der Waals surface area contributed by atoms with Gasteiger partial charge in [-0.2, -0.15) is 0 Å². The van der Waals surface area contributed by atoms with Crippen LogP contribution < -0.4 is 14.4 Å². The van der Waals surface area contributed by atoms with Gasteiger partial charge in [0, 0.05) is 19.2 Å². The summed E-state index contributed by atoms with van der Waals surface area (Å²) in [6.07, 6.45) is 0.760. The summed E-state index contributed by atoms with van der Waals surface area (Å²) in [5.41, 5.74) is 2.14. The highest BCUT2D eigenvalue weighted by molar-refractivity contribution is 7.92. The van der Waals surface area contributed by atoms with Gasteiger partial charge in [-0.05, 0) is 42.3 Å². The van der Waals surface area contributed by atoms with E-state index in [9.17, 15) is 13.2 Å². The minimum atomic E-state index is -3.81. The molecule has 0 atom stereocenters. The number of methoxy groups -OCH3 is 1. The van der Waals surface area contributed by atoms with E-state index < -0.39 is 10.0 Å². The van der Waals surface area contributed by atoms with Crippen LogP contribution in [0, 0.1) is 0 Å². The predicted molar refractivity (Wildman–Crippen MR) is 97.0 cm³/mol. The van der Waals surface area contributed by atoms with Crippen molar-refractivity contribution in [1.29, 1.82) is 0 Å². The number of anilines is 2. The number of sulfonamides is 1. The summed E-state index contributed by atoms with van der Waals surface area (Å²) in [5, 5.41) is 0.210. The summed E-state index contributed by atoms with van der Waals surface area (Å²) < 4.78 is 32.7. The summed E-state index contributed by atoms with van der Waals surface area (Å²) >= 11 is 6.01. The summed E-state index contributed by atoms with van der Waals surface area (Å²) in [5.74, 6) is 0.330. The molecule has 1 N–H and O–H groups in total. The Labute approximate surface area is 151 Å². The minimum Gasteiger partial charge on any atom is -0.495 e. The summed E-state index contributed by atoms with van der Waals surface area (Å²) in [4.78, 5) is 13.4. The molecule has 1 amide bonds. The third-order valence-corrected chi connectivity index (χ3v) is 5.72. The largest absolute Gasteiger partial charge is 0.495 e. The Morgan fingerprint density at radius 2 is 2.00 bits per heavy atom. The molecule has 0 aromatic heterocycles. The molecular weight excluding hydrogens is 364 g/mol. The minimum absolute atomic E-state index is 0.0298. The number of hydrogen-bond donors (Lipinski definition) is 1. The number of benzene rings is 2. The number of ether oxygens (including phenoxy) is 1. The van der Waals surface area contributed by atoms with Crippen LogP contribution in [-0.2, 0) is 21.2 Å². The second-order valence-electron chi connectivity index (χ2n) is 5.67. The first-order chi connectivity index (χ1) is 11.8. The maximum Gasteiger partial charge on any atom is 0.261 e. The average Bonchev–Trinajstić information content (AvgIpc) is 2.97. The molecule has 6 nitrogen and oxygen atoms in total. The van der Waals surface area contributed by atoms with Crippen LogP contribution in [0.2, 0.25) is 5.02 Å². The number of fused-ring (bicyclic) bond motifs is 1. The molecule has 3 rings (SSSR count). The lowest BCUT2D eigenvalue weighted by atomic mass is 10.1. The monoisotopic (exact) mass is 380 g/mol. The molecule has 0 unspecified atom stereocenters. The van der Waals surface area contributed by atoms with Crippen molar-refractivity contribution in [2.75, 3.05) is 23.3 Å². The molecule has 0 saturated carbocycles. The van der Waals surface area contributed by atoms with Crippen molar-refractivity contribution in [3.05, 3.63) is 47.0 Å². The highest BCUT2D eigenvalue weighted by Crippen LogP contribution is 2.32. The Kier molecular flexibility index (Phi) is 4.62. The molecule has 25 heavy (non-hydrogen) atoms. The van der Waals surface area contributed by atoms with Gasteiger partial charge in [0.1, 0.15) is 5.75 Å². The van der Waals surface area contributed by atoms with E-state index in [-0.39, 0.29) is 15.8 Å². The normalized spacial score (nSPS) is 13.5. The van der Waals surface area contributed by atoms with Gasteiger partial charge in [-0.15, -0.1) is 0 Å². The standard InChI is InChI=1S/C17H17ClN2O4S/c1-11(21)20-8-7-12-3-4-13(9-16(12)20)19-25(22,23)14-5-6-17(24-2)15(18)10-14/h3-6,9-10,19H,7-8H2,1-2H3. The molecule has 0 fully saturated rings. The van der Waals surface area contributed by atoms with Gasteiger partial charge in [0.05, 0.1) is 22.7 Å². The Bertz CT molecular complexity index is 944. The molecule has 1 aliphatic heterocycles. The number of halogens is 1. The van der Waals surface area contributed by atoms with Crippen molar-refractivity contribution in [3.8, 4) is 5.75 Å². The van der Waals surface area contributed by atoms with E-state index in [1.165, 1.54) is 32.2 Å². The van der Waals surface area contributed by atoms with Crippen molar-refractivity contribution < 1.29 is 17.9 Å². The van der Waals surface area contributed by atoms with E-state index in [1.807, 2.05) is 6.07 Å². The molecule has 0 bridgehead atoms. The number of nitrogens with zero attached hydrogens (tertiary/aromatic N) is 1. The van der Waals surface area contributed by atoms with Crippen molar-refractivity contribution in [1.82, 2.24) is 0 Å². The lowest BCUT2D eigenvalue weighted by Gasteiger charge is -2.16. The second kappa shape index (κ2) is 6.57. The van der Waals surface area contributed by atoms with Crippen LogP contribution >= 0.6 is 11.6 Å². The number of carbonyl (C=O) groups is 1. The quantitative estimate of drug-likeness (QED) is 0.884. The molecule has 0 radical (unpaired) electrons. The fourth-order valence-electron chi connectivity index (χ4n) is 2.80. The van der Waals surface area contributed by atoms with Crippen LogP contribution in [-0.4, -0.2) is 28.0 Å². The maximum atomic E-state index is 12.6. The van der Waals surface area contributed by atoms with E-state index >= 15 is 0 Å². The van der Waals surface area contributed by atoms with Crippen LogP contribution in [0.1, 0.15) is 12.5 Å². The van der Waals surface area contributed by atoms with Gasteiger partial charge in [0.25, 0.3) is 10.0 Å². The zero-order chi connectivity index (χ0) is 18.2. The molecule has 2 aromatic carbocycles. The third kappa shape index (κ3) is 3.43. The highest BCUT2D eigenvalue weighted by atomic mass is 35.5. The topological polar surface area (TPSA) is 75.7 Å². The summed E-state index contributed by atoms with van der Waals surface area (Å²) in [7, 11) is -2.35. The smallest absolute Gasteiger partial charge is 0.261 e. The number of nitrogens with one attached hydrogen (secondary N) is 1. The summed E-state index contributed by atoms with van der Waals surface area (Å²) in [6, 6.07) is 9.44. The Hall–Kier alpha value is -2.25. The van der Waals surface area contributed by atoms with Crippen LogP contribution in [0.5, 0.6) is 5.75 Å². The number of carbonyl (C=O) groups excluding carboxylic acids is 1. The fraction of sp³-hybridized carbons (Fsp3) is 0.235. The van der Waals surface area contributed by atoms with Gasteiger partial charge in [-0.3, -0.25) is 9.52 Å². The molecule has 2 aromatic rings. The Morgan fingerprint density at radius 1 is 1.24 bits per heavy atom. The molecule has 132 valence electrons. The second-order valence-corrected chi connectivity index (χ2v) is 7.76. The fourth-order valence-corrected chi connectivity index (χ4v) is 4.20. The molecule has 0 saturated heterocycles. The Morgan fingerprint density at radius 3 is 2.64 bits per heavy atom.